The molecule has 0 radical (unpaired) electrons. The molecule has 5 nitrogen and oxygen atoms in total. The zero-order valence-corrected chi connectivity index (χ0v) is 14.2. The van der Waals surface area contributed by atoms with E-state index in [1.807, 2.05) is 66.9 Å². The molecule has 1 N–H and O–H groups in total. The SMILES string of the molecule is O=C(Nc1ccccc1)C(=O)N1CCn2cccc2[C@@H]1c1ccccc1. The molecule has 1 aliphatic heterocycles. The van der Waals surface area contributed by atoms with Crippen LogP contribution < -0.4 is 5.32 Å². The van der Waals surface area contributed by atoms with E-state index in [2.05, 4.69) is 9.88 Å². The van der Waals surface area contributed by atoms with Crippen LogP contribution in [0, 0.1) is 0 Å². The normalized spacial score (nSPS) is 16.0. The number of fused-ring (bicyclic) bond motifs is 1. The van der Waals surface area contributed by atoms with Crippen molar-refractivity contribution in [3.63, 3.8) is 0 Å². The summed E-state index contributed by atoms with van der Waals surface area (Å²) < 4.78 is 2.14. The molecule has 0 fully saturated rings. The number of carbonyl (C=O) groups is 2. The minimum atomic E-state index is -0.614. The molecule has 2 heterocycles. The van der Waals surface area contributed by atoms with Gasteiger partial charge in [0.2, 0.25) is 0 Å². The topological polar surface area (TPSA) is 54.3 Å². The lowest BCUT2D eigenvalue weighted by atomic mass is 10.00. The summed E-state index contributed by atoms with van der Waals surface area (Å²) in [5.41, 5.74) is 2.62. The van der Waals surface area contributed by atoms with E-state index in [0.29, 0.717) is 18.8 Å². The van der Waals surface area contributed by atoms with Crippen LogP contribution in [-0.4, -0.2) is 27.8 Å². The first kappa shape index (κ1) is 16.1. The largest absolute Gasteiger partial charge is 0.348 e. The maximum atomic E-state index is 12.9. The Labute approximate surface area is 151 Å². The molecule has 0 aliphatic carbocycles. The molecule has 1 aromatic heterocycles. The average molecular weight is 345 g/mol. The molecule has 0 saturated carbocycles. The van der Waals surface area contributed by atoms with Crippen LogP contribution in [0.3, 0.4) is 0 Å². The highest BCUT2D eigenvalue weighted by atomic mass is 16.2. The molecule has 2 amide bonds. The van der Waals surface area contributed by atoms with Gasteiger partial charge in [-0.3, -0.25) is 9.59 Å². The fourth-order valence-corrected chi connectivity index (χ4v) is 3.42. The van der Waals surface area contributed by atoms with Gasteiger partial charge in [0.1, 0.15) is 0 Å². The molecule has 0 saturated heterocycles. The number of hydrogen-bond acceptors (Lipinski definition) is 2. The van der Waals surface area contributed by atoms with Crippen LogP contribution in [0.4, 0.5) is 5.69 Å². The summed E-state index contributed by atoms with van der Waals surface area (Å²) in [6.45, 7) is 1.16. The van der Waals surface area contributed by atoms with Crippen LogP contribution in [0.2, 0.25) is 0 Å². The first-order valence-electron chi connectivity index (χ1n) is 8.61. The van der Waals surface area contributed by atoms with E-state index in [4.69, 9.17) is 0 Å². The van der Waals surface area contributed by atoms with Crippen molar-refractivity contribution in [2.45, 2.75) is 12.6 Å². The van der Waals surface area contributed by atoms with Gasteiger partial charge in [0.05, 0.1) is 6.04 Å². The maximum absolute atomic E-state index is 12.9. The van der Waals surface area contributed by atoms with Crippen LogP contribution >= 0.6 is 0 Å². The van der Waals surface area contributed by atoms with Gasteiger partial charge in [-0.1, -0.05) is 48.5 Å². The Bertz CT molecular complexity index is 919. The van der Waals surface area contributed by atoms with Gasteiger partial charge in [-0.15, -0.1) is 0 Å². The number of hydrogen-bond donors (Lipinski definition) is 1. The first-order valence-corrected chi connectivity index (χ1v) is 8.61. The van der Waals surface area contributed by atoms with E-state index >= 15 is 0 Å². The minimum Gasteiger partial charge on any atom is -0.348 e. The van der Waals surface area contributed by atoms with Crippen LogP contribution in [0.5, 0.6) is 0 Å². The summed E-state index contributed by atoms with van der Waals surface area (Å²) in [7, 11) is 0. The van der Waals surface area contributed by atoms with Crippen LogP contribution in [-0.2, 0) is 16.1 Å². The number of para-hydroxylation sites is 1. The standard InChI is InChI=1S/C21H19N3O2/c25-20(22-17-10-5-2-6-11-17)21(26)24-15-14-23-13-7-12-18(23)19(24)16-8-3-1-4-9-16/h1-13,19H,14-15H2,(H,22,25)/t19-/m0/s1. The monoisotopic (exact) mass is 345 g/mol. The summed E-state index contributed by atoms with van der Waals surface area (Å²) in [5.74, 6) is -1.13. The summed E-state index contributed by atoms with van der Waals surface area (Å²) in [6, 6.07) is 22.6. The van der Waals surface area contributed by atoms with E-state index < -0.39 is 11.8 Å². The second kappa shape index (κ2) is 6.88. The van der Waals surface area contributed by atoms with Gasteiger partial charge in [-0.05, 0) is 29.8 Å². The Hall–Kier alpha value is -3.34. The molecule has 0 bridgehead atoms. The van der Waals surface area contributed by atoms with Gasteiger partial charge in [0.15, 0.2) is 0 Å². The Morgan fingerprint density at radius 2 is 1.54 bits per heavy atom. The Morgan fingerprint density at radius 3 is 2.27 bits per heavy atom. The van der Waals surface area contributed by atoms with Gasteiger partial charge in [0, 0.05) is 30.7 Å². The molecular formula is C21H19N3O2. The minimum absolute atomic E-state index is 0.269. The second-order valence-electron chi connectivity index (χ2n) is 6.26. The van der Waals surface area contributed by atoms with Crippen molar-refractivity contribution in [2.75, 3.05) is 11.9 Å². The van der Waals surface area contributed by atoms with Crippen LogP contribution in [0.15, 0.2) is 79.0 Å². The molecule has 130 valence electrons. The van der Waals surface area contributed by atoms with Gasteiger partial charge < -0.3 is 14.8 Å². The number of nitrogens with one attached hydrogen (secondary N) is 1. The van der Waals surface area contributed by atoms with Crippen molar-refractivity contribution < 1.29 is 9.59 Å². The van der Waals surface area contributed by atoms with Gasteiger partial charge >= 0.3 is 11.8 Å². The van der Waals surface area contributed by atoms with E-state index in [-0.39, 0.29) is 6.04 Å². The quantitative estimate of drug-likeness (QED) is 0.726. The van der Waals surface area contributed by atoms with E-state index in [9.17, 15) is 9.59 Å². The number of carbonyl (C=O) groups excluding carboxylic acids is 2. The first-order chi connectivity index (χ1) is 12.7. The number of benzene rings is 2. The molecule has 0 spiro atoms. The average Bonchev–Trinajstić information content (AvgIpc) is 3.17. The van der Waals surface area contributed by atoms with Crippen molar-refractivity contribution in [3.05, 3.63) is 90.3 Å². The zero-order chi connectivity index (χ0) is 17.9. The Balaban J connectivity index is 1.64. The molecule has 5 heteroatoms. The van der Waals surface area contributed by atoms with Crippen molar-refractivity contribution in [1.29, 1.82) is 0 Å². The van der Waals surface area contributed by atoms with E-state index in [0.717, 1.165) is 11.3 Å². The highest BCUT2D eigenvalue weighted by Gasteiger charge is 2.34. The number of nitrogens with zero attached hydrogens (tertiary/aromatic N) is 2. The molecule has 4 rings (SSSR count). The van der Waals surface area contributed by atoms with Gasteiger partial charge in [-0.2, -0.15) is 0 Å². The summed E-state index contributed by atoms with van der Waals surface area (Å²) in [4.78, 5) is 27.1. The predicted molar refractivity (Wildman–Crippen MR) is 99.5 cm³/mol. The van der Waals surface area contributed by atoms with Crippen LogP contribution in [0.25, 0.3) is 0 Å². The predicted octanol–water partition coefficient (Wildman–Crippen LogP) is 3.06. The molecule has 1 atom stereocenters. The lowest BCUT2D eigenvalue weighted by molar-refractivity contribution is -0.145. The van der Waals surface area contributed by atoms with Crippen molar-refractivity contribution in [1.82, 2.24) is 9.47 Å². The summed E-state index contributed by atoms with van der Waals surface area (Å²) >= 11 is 0. The molecule has 1 aliphatic rings. The third-order valence-corrected chi connectivity index (χ3v) is 4.64. The Kier molecular flexibility index (Phi) is 4.27. The number of aromatic nitrogens is 1. The molecule has 3 aromatic rings. The third-order valence-electron chi connectivity index (χ3n) is 4.64. The second-order valence-corrected chi connectivity index (χ2v) is 6.26. The smallest absolute Gasteiger partial charge is 0.313 e. The van der Waals surface area contributed by atoms with Gasteiger partial charge in [-0.25, -0.2) is 0 Å². The van der Waals surface area contributed by atoms with Crippen molar-refractivity contribution >= 4 is 17.5 Å². The molecule has 0 unspecified atom stereocenters. The molecular weight excluding hydrogens is 326 g/mol. The molecule has 2 aromatic carbocycles. The van der Waals surface area contributed by atoms with E-state index in [1.54, 1.807) is 17.0 Å². The van der Waals surface area contributed by atoms with Gasteiger partial charge in [0.25, 0.3) is 0 Å². The highest BCUT2D eigenvalue weighted by Crippen LogP contribution is 2.32. The maximum Gasteiger partial charge on any atom is 0.313 e. The zero-order valence-electron chi connectivity index (χ0n) is 14.2. The number of rotatable bonds is 2. The third kappa shape index (κ3) is 2.99. The lowest BCUT2D eigenvalue weighted by Crippen LogP contribution is -2.47. The number of anilines is 1. The Morgan fingerprint density at radius 1 is 0.846 bits per heavy atom. The summed E-state index contributed by atoms with van der Waals surface area (Å²) in [5, 5.41) is 2.69. The number of amides is 2. The summed E-state index contributed by atoms with van der Waals surface area (Å²) in [6.07, 6.45) is 2.01. The highest BCUT2D eigenvalue weighted by molar-refractivity contribution is 6.39. The van der Waals surface area contributed by atoms with Crippen molar-refractivity contribution in [2.24, 2.45) is 0 Å². The van der Waals surface area contributed by atoms with Crippen LogP contribution in [0.1, 0.15) is 17.3 Å². The van der Waals surface area contributed by atoms with E-state index in [1.165, 1.54) is 0 Å². The molecule has 26 heavy (non-hydrogen) atoms. The fourth-order valence-electron chi connectivity index (χ4n) is 3.42. The van der Waals surface area contributed by atoms with Crippen molar-refractivity contribution in [3.8, 4) is 0 Å². The lowest BCUT2D eigenvalue weighted by Gasteiger charge is -2.36. The fraction of sp³-hybridized carbons (Fsp3) is 0.143.